The van der Waals surface area contributed by atoms with Crippen LogP contribution in [-0.4, -0.2) is 24.4 Å². The van der Waals surface area contributed by atoms with Gasteiger partial charge in [0, 0.05) is 11.3 Å². The summed E-state index contributed by atoms with van der Waals surface area (Å²) >= 11 is 0.665. The monoisotopic (exact) mass is 306 g/mol. The highest BCUT2D eigenvalue weighted by molar-refractivity contribution is 7.99. The summed E-state index contributed by atoms with van der Waals surface area (Å²) in [5, 5.41) is 2.64. The molecule has 0 unspecified atom stereocenters. The highest BCUT2D eigenvalue weighted by Gasteiger charge is 2.27. The van der Waals surface area contributed by atoms with Crippen molar-refractivity contribution in [2.24, 2.45) is 5.73 Å². The zero-order valence-electron chi connectivity index (χ0n) is 10.9. The first-order chi connectivity index (χ1) is 9.42. The Kier molecular flexibility index (Phi) is 6.87. The number of carbonyl (C=O) groups excluding carboxylic acids is 1. The highest BCUT2D eigenvalue weighted by Crippen LogP contribution is 2.32. The third kappa shape index (κ3) is 6.81. The number of alkyl halides is 3. The molecule has 1 aromatic carbocycles. The van der Waals surface area contributed by atoms with E-state index in [2.05, 4.69) is 5.32 Å². The Morgan fingerprint density at radius 1 is 1.25 bits per heavy atom. The zero-order valence-corrected chi connectivity index (χ0v) is 11.7. The van der Waals surface area contributed by atoms with E-state index < -0.39 is 11.9 Å². The Balaban J connectivity index is 2.58. The van der Waals surface area contributed by atoms with E-state index in [-0.39, 0.29) is 5.91 Å². The third-order valence-corrected chi connectivity index (χ3v) is 3.55. The van der Waals surface area contributed by atoms with Crippen molar-refractivity contribution in [3.63, 3.8) is 0 Å². The van der Waals surface area contributed by atoms with Gasteiger partial charge in [-0.3, -0.25) is 4.79 Å². The number of rotatable bonds is 7. The number of thioether (sulfide) groups is 1. The molecule has 0 aliphatic heterocycles. The number of benzene rings is 1. The summed E-state index contributed by atoms with van der Waals surface area (Å²) in [4.78, 5) is 12.1. The fourth-order valence-corrected chi connectivity index (χ4v) is 2.27. The van der Waals surface area contributed by atoms with Crippen LogP contribution in [0.3, 0.4) is 0 Å². The van der Waals surface area contributed by atoms with Crippen molar-refractivity contribution in [1.82, 2.24) is 0 Å². The molecule has 0 fully saturated rings. The number of para-hydroxylation sites is 1. The van der Waals surface area contributed by atoms with Crippen molar-refractivity contribution in [2.45, 2.75) is 30.3 Å². The van der Waals surface area contributed by atoms with Crippen LogP contribution in [0.2, 0.25) is 0 Å². The van der Waals surface area contributed by atoms with E-state index in [9.17, 15) is 18.0 Å². The molecule has 0 spiro atoms. The molecule has 0 aromatic heterocycles. The third-order valence-electron chi connectivity index (χ3n) is 2.41. The van der Waals surface area contributed by atoms with Crippen LogP contribution in [0.1, 0.15) is 19.3 Å². The van der Waals surface area contributed by atoms with Gasteiger partial charge in [-0.25, -0.2) is 0 Å². The van der Waals surface area contributed by atoms with Crippen LogP contribution >= 0.6 is 11.8 Å². The number of hydrogen-bond donors (Lipinski definition) is 2. The second-order valence-electron chi connectivity index (χ2n) is 4.19. The largest absolute Gasteiger partial charge is 0.398 e. The maximum absolute atomic E-state index is 12.2. The molecule has 112 valence electrons. The van der Waals surface area contributed by atoms with Crippen molar-refractivity contribution in [3.8, 4) is 0 Å². The van der Waals surface area contributed by atoms with E-state index in [1.807, 2.05) is 0 Å². The molecule has 1 rings (SSSR count). The molecule has 1 amide bonds. The summed E-state index contributed by atoms with van der Waals surface area (Å²) in [7, 11) is 0. The molecular formula is C13H17F3N2OS. The summed E-state index contributed by atoms with van der Waals surface area (Å²) in [6.45, 7) is 0.519. The predicted octanol–water partition coefficient (Wildman–Crippen LogP) is 3.41. The van der Waals surface area contributed by atoms with Crippen LogP contribution in [0.5, 0.6) is 0 Å². The van der Waals surface area contributed by atoms with Gasteiger partial charge in [-0.1, -0.05) is 12.1 Å². The number of hydrogen-bond acceptors (Lipinski definition) is 3. The Bertz CT molecular complexity index is 438. The smallest absolute Gasteiger partial charge is 0.330 e. The molecule has 7 heteroatoms. The minimum absolute atomic E-state index is 0.210. The lowest BCUT2D eigenvalue weighted by molar-refractivity contribution is -0.116. The minimum atomic E-state index is -4.23. The fourth-order valence-electron chi connectivity index (χ4n) is 1.50. The summed E-state index contributed by atoms with van der Waals surface area (Å²) in [6.07, 6.45) is -2.50. The van der Waals surface area contributed by atoms with Gasteiger partial charge in [-0.2, -0.15) is 13.2 Å². The van der Waals surface area contributed by atoms with Gasteiger partial charge in [0.25, 0.3) is 0 Å². The second-order valence-corrected chi connectivity index (χ2v) is 5.21. The second kappa shape index (κ2) is 8.16. The minimum Gasteiger partial charge on any atom is -0.330 e. The number of anilines is 1. The number of nitrogens with two attached hydrogens (primary N) is 1. The van der Waals surface area contributed by atoms with E-state index in [1.54, 1.807) is 24.3 Å². The van der Waals surface area contributed by atoms with Gasteiger partial charge in [0.2, 0.25) is 5.91 Å². The fraction of sp³-hybridized carbons (Fsp3) is 0.462. The first kappa shape index (κ1) is 16.8. The molecule has 0 heterocycles. The van der Waals surface area contributed by atoms with E-state index in [0.717, 1.165) is 6.42 Å². The SMILES string of the molecule is NCCCCC(=O)Nc1ccccc1SCC(F)(F)F. The standard InChI is InChI=1S/C13H17F3N2OS/c14-13(15,16)9-20-11-6-2-1-5-10(11)18-12(19)7-3-4-8-17/h1-2,5-6H,3-4,7-9,17H2,(H,18,19). The van der Waals surface area contributed by atoms with E-state index >= 15 is 0 Å². The highest BCUT2D eigenvalue weighted by atomic mass is 32.2. The van der Waals surface area contributed by atoms with Crippen molar-refractivity contribution >= 4 is 23.4 Å². The van der Waals surface area contributed by atoms with Crippen LogP contribution in [0.15, 0.2) is 29.2 Å². The molecule has 0 aliphatic rings. The number of nitrogens with one attached hydrogen (secondary N) is 1. The van der Waals surface area contributed by atoms with Crippen LogP contribution in [0.4, 0.5) is 18.9 Å². The van der Waals surface area contributed by atoms with Gasteiger partial charge in [0.15, 0.2) is 0 Å². The lowest BCUT2D eigenvalue weighted by Crippen LogP contribution is -2.14. The molecule has 0 aliphatic carbocycles. The van der Waals surface area contributed by atoms with Gasteiger partial charge < -0.3 is 11.1 Å². The molecular weight excluding hydrogens is 289 g/mol. The van der Waals surface area contributed by atoms with Gasteiger partial charge in [-0.15, -0.1) is 11.8 Å². The maximum Gasteiger partial charge on any atom is 0.398 e. The number of unbranched alkanes of at least 4 members (excludes halogenated alkanes) is 1. The van der Waals surface area contributed by atoms with E-state index in [1.165, 1.54) is 0 Å². The zero-order chi connectivity index (χ0) is 15.0. The Labute approximate surface area is 120 Å². The Hall–Kier alpha value is -1.21. The molecule has 0 saturated carbocycles. The Morgan fingerprint density at radius 3 is 2.60 bits per heavy atom. The van der Waals surface area contributed by atoms with Crippen LogP contribution in [0.25, 0.3) is 0 Å². The molecule has 0 bridgehead atoms. The molecule has 3 N–H and O–H groups in total. The summed E-state index contributed by atoms with van der Waals surface area (Å²) in [6, 6.07) is 6.47. The average Bonchev–Trinajstić information content (AvgIpc) is 2.37. The predicted molar refractivity (Wildman–Crippen MR) is 74.8 cm³/mol. The summed E-state index contributed by atoms with van der Waals surface area (Å²) in [5.41, 5.74) is 5.75. The van der Waals surface area contributed by atoms with Crippen LogP contribution < -0.4 is 11.1 Å². The number of amides is 1. The summed E-state index contributed by atoms with van der Waals surface area (Å²) < 4.78 is 36.7. The van der Waals surface area contributed by atoms with Crippen molar-refractivity contribution in [3.05, 3.63) is 24.3 Å². The lowest BCUT2D eigenvalue weighted by Gasteiger charge is -2.11. The van der Waals surface area contributed by atoms with Crippen molar-refractivity contribution in [1.29, 1.82) is 0 Å². The molecule has 0 radical (unpaired) electrons. The quantitative estimate of drug-likeness (QED) is 0.599. The van der Waals surface area contributed by atoms with Gasteiger partial charge in [0.1, 0.15) is 0 Å². The Morgan fingerprint density at radius 2 is 1.95 bits per heavy atom. The first-order valence-corrected chi connectivity index (χ1v) is 7.19. The van der Waals surface area contributed by atoms with Crippen molar-refractivity contribution < 1.29 is 18.0 Å². The molecule has 3 nitrogen and oxygen atoms in total. The first-order valence-electron chi connectivity index (χ1n) is 6.21. The average molecular weight is 306 g/mol. The number of halogens is 3. The molecule has 0 saturated heterocycles. The van der Waals surface area contributed by atoms with Gasteiger partial charge in [0.05, 0.1) is 11.4 Å². The number of carbonyl (C=O) groups is 1. The normalized spacial score (nSPS) is 11.4. The van der Waals surface area contributed by atoms with Crippen molar-refractivity contribution in [2.75, 3.05) is 17.6 Å². The van der Waals surface area contributed by atoms with Crippen LogP contribution in [-0.2, 0) is 4.79 Å². The van der Waals surface area contributed by atoms with Gasteiger partial charge >= 0.3 is 6.18 Å². The van der Waals surface area contributed by atoms with Crippen LogP contribution in [0, 0.1) is 0 Å². The lowest BCUT2D eigenvalue weighted by atomic mass is 10.2. The van der Waals surface area contributed by atoms with Gasteiger partial charge in [-0.05, 0) is 31.5 Å². The topological polar surface area (TPSA) is 55.1 Å². The molecule has 0 atom stereocenters. The van der Waals surface area contributed by atoms with E-state index in [0.29, 0.717) is 41.7 Å². The maximum atomic E-state index is 12.2. The molecule has 20 heavy (non-hydrogen) atoms. The molecule has 1 aromatic rings. The van der Waals surface area contributed by atoms with E-state index in [4.69, 9.17) is 5.73 Å². The summed E-state index contributed by atoms with van der Waals surface area (Å²) in [5.74, 6) is -1.19.